The van der Waals surface area contributed by atoms with E-state index in [2.05, 4.69) is 47.3 Å². The van der Waals surface area contributed by atoms with E-state index in [1.54, 1.807) is 0 Å². The number of likely N-dealkylation sites (N-methyl/N-ethyl adjacent to an activating group) is 1. The Morgan fingerprint density at radius 1 is 1.29 bits per heavy atom. The van der Waals surface area contributed by atoms with Crippen molar-refractivity contribution in [3.05, 3.63) is 35.6 Å². The molecule has 21 heavy (non-hydrogen) atoms. The van der Waals surface area contributed by atoms with Crippen molar-refractivity contribution in [3.63, 3.8) is 0 Å². The predicted molar refractivity (Wildman–Crippen MR) is 86.3 cm³/mol. The van der Waals surface area contributed by atoms with Gasteiger partial charge in [0.2, 0.25) is 0 Å². The summed E-state index contributed by atoms with van der Waals surface area (Å²) >= 11 is 0. The minimum absolute atomic E-state index is 0.607. The molecule has 1 atom stereocenters. The fourth-order valence-corrected chi connectivity index (χ4v) is 3.12. The zero-order valence-corrected chi connectivity index (χ0v) is 13.2. The van der Waals surface area contributed by atoms with Crippen LogP contribution in [0.2, 0.25) is 0 Å². The summed E-state index contributed by atoms with van der Waals surface area (Å²) in [5.41, 5.74) is 2.31. The van der Waals surface area contributed by atoms with Crippen molar-refractivity contribution >= 4 is 11.0 Å². The molecule has 114 valence electrons. The average Bonchev–Trinajstić information content (AvgIpc) is 2.81. The van der Waals surface area contributed by atoms with Gasteiger partial charge in [-0.25, -0.2) is 0 Å². The number of nitrogens with one attached hydrogen (secondary N) is 1. The van der Waals surface area contributed by atoms with Gasteiger partial charge < -0.3 is 14.6 Å². The number of hydrogen-bond donors (Lipinski definition) is 1. The summed E-state index contributed by atoms with van der Waals surface area (Å²) in [6, 6.07) is 8.94. The van der Waals surface area contributed by atoms with Crippen molar-refractivity contribution in [3.8, 4) is 0 Å². The number of para-hydroxylation sites is 1. The molecule has 0 amide bonds. The maximum atomic E-state index is 6.12. The van der Waals surface area contributed by atoms with E-state index in [1.165, 1.54) is 10.9 Å². The highest BCUT2D eigenvalue weighted by Gasteiger charge is 2.23. The molecule has 1 aliphatic heterocycles. The summed E-state index contributed by atoms with van der Waals surface area (Å²) in [5.74, 6) is 1.11. The third kappa shape index (κ3) is 2.98. The van der Waals surface area contributed by atoms with E-state index in [0.29, 0.717) is 6.04 Å². The van der Waals surface area contributed by atoms with Gasteiger partial charge >= 0.3 is 0 Å². The van der Waals surface area contributed by atoms with Gasteiger partial charge in [0.1, 0.15) is 11.3 Å². The van der Waals surface area contributed by atoms with Crippen molar-refractivity contribution < 1.29 is 4.42 Å². The molecule has 1 fully saturated rings. The first kappa shape index (κ1) is 14.6. The van der Waals surface area contributed by atoms with E-state index in [1.807, 2.05) is 13.1 Å². The summed E-state index contributed by atoms with van der Waals surface area (Å²) in [5, 5.41) is 4.51. The number of benzene rings is 1. The normalized spacial score (nSPS) is 21.2. The van der Waals surface area contributed by atoms with Crippen LogP contribution in [-0.4, -0.2) is 49.6 Å². The molecule has 2 aromatic rings. The van der Waals surface area contributed by atoms with Gasteiger partial charge in [-0.05, 0) is 27.1 Å². The molecule has 0 spiro atoms. The molecular formula is C17H25N3O. The Bertz CT molecular complexity index is 607. The van der Waals surface area contributed by atoms with Crippen LogP contribution in [0.5, 0.6) is 0 Å². The lowest BCUT2D eigenvalue weighted by Gasteiger charge is -2.37. The molecule has 1 aromatic carbocycles. The van der Waals surface area contributed by atoms with E-state index >= 15 is 0 Å². The number of nitrogens with zero attached hydrogens (tertiary/aromatic N) is 2. The zero-order chi connectivity index (χ0) is 14.8. The highest BCUT2D eigenvalue weighted by Crippen LogP contribution is 2.27. The Morgan fingerprint density at radius 2 is 2.10 bits per heavy atom. The van der Waals surface area contributed by atoms with Crippen molar-refractivity contribution in [1.82, 2.24) is 15.1 Å². The van der Waals surface area contributed by atoms with Gasteiger partial charge in [-0.15, -0.1) is 0 Å². The van der Waals surface area contributed by atoms with Gasteiger partial charge in [0, 0.05) is 43.2 Å². The number of hydrogen-bond acceptors (Lipinski definition) is 4. The second-order valence-corrected chi connectivity index (χ2v) is 6.10. The number of piperazine rings is 1. The van der Waals surface area contributed by atoms with Crippen LogP contribution in [0, 0.1) is 0 Å². The van der Waals surface area contributed by atoms with Crippen LogP contribution in [0.15, 0.2) is 28.7 Å². The first-order chi connectivity index (χ1) is 10.2. The summed E-state index contributed by atoms with van der Waals surface area (Å²) in [6.45, 7) is 7.39. The lowest BCUT2D eigenvalue weighted by atomic mass is 10.1. The maximum Gasteiger partial charge on any atom is 0.134 e. The average molecular weight is 287 g/mol. The van der Waals surface area contributed by atoms with E-state index in [4.69, 9.17) is 4.42 Å². The Morgan fingerprint density at radius 3 is 2.86 bits per heavy atom. The molecule has 1 aromatic heterocycles. The van der Waals surface area contributed by atoms with E-state index in [0.717, 1.165) is 44.1 Å². The van der Waals surface area contributed by atoms with Gasteiger partial charge in [-0.2, -0.15) is 0 Å². The van der Waals surface area contributed by atoms with Gasteiger partial charge in [0.25, 0.3) is 0 Å². The smallest absolute Gasteiger partial charge is 0.134 e. The van der Waals surface area contributed by atoms with Gasteiger partial charge in [-0.1, -0.05) is 18.2 Å². The summed E-state index contributed by atoms with van der Waals surface area (Å²) in [4.78, 5) is 4.92. The van der Waals surface area contributed by atoms with E-state index in [9.17, 15) is 0 Å². The fraction of sp³-hybridized carbons (Fsp3) is 0.529. The van der Waals surface area contributed by atoms with Gasteiger partial charge in [0.05, 0.1) is 6.54 Å². The molecular weight excluding hydrogens is 262 g/mol. The minimum atomic E-state index is 0.607. The maximum absolute atomic E-state index is 6.12. The summed E-state index contributed by atoms with van der Waals surface area (Å²) in [7, 11) is 4.19. The molecule has 4 heteroatoms. The van der Waals surface area contributed by atoms with Crippen LogP contribution < -0.4 is 5.32 Å². The third-order valence-corrected chi connectivity index (χ3v) is 4.55. The molecule has 1 N–H and O–H groups in total. The van der Waals surface area contributed by atoms with Crippen LogP contribution in [0.3, 0.4) is 0 Å². The largest absolute Gasteiger partial charge is 0.459 e. The van der Waals surface area contributed by atoms with Crippen LogP contribution in [-0.2, 0) is 13.1 Å². The predicted octanol–water partition coefficient (Wildman–Crippen LogP) is 2.29. The highest BCUT2D eigenvalue weighted by atomic mass is 16.3. The highest BCUT2D eigenvalue weighted by molar-refractivity contribution is 5.82. The molecule has 1 saturated heterocycles. The van der Waals surface area contributed by atoms with E-state index < -0.39 is 0 Å². The van der Waals surface area contributed by atoms with Gasteiger partial charge in [0.15, 0.2) is 0 Å². The molecule has 2 heterocycles. The second-order valence-electron chi connectivity index (χ2n) is 6.10. The molecule has 1 unspecified atom stereocenters. The monoisotopic (exact) mass is 287 g/mol. The Balaban J connectivity index is 1.84. The van der Waals surface area contributed by atoms with Crippen LogP contribution >= 0.6 is 0 Å². The third-order valence-electron chi connectivity index (χ3n) is 4.55. The lowest BCUT2D eigenvalue weighted by Crippen LogP contribution is -2.49. The SMILES string of the molecule is CNCc1c(CN2CCN(C)C(C)C2)oc2ccccc12. The fourth-order valence-electron chi connectivity index (χ4n) is 3.12. The van der Waals surface area contributed by atoms with Crippen molar-refractivity contribution in [2.75, 3.05) is 33.7 Å². The van der Waals surface area contributed by atoms with Crippen LogP contribution in [0.1, 0.15) is 18.2 Å². The molecule has 0 saturated carbocycles. The lowest BCUT2D eigenvalue weighted by molar-refractivity contribution is 0.0948. The molecule has 0 bridgehead atoms. The quantitative estimate of drug-likeness (QED) is 0.935. The second kappa shape index (κ2) is 6.18. The van der Waals surface area contributed by atoms with Crippen LogP contribution in [0.25, 0.3) is 11.0 Å². The Kier molecular flexibility index (Phi) is 4.29. The molecule has 4 nitrogen and oxygen atoms in total. The molecule has 3 rings (SSSR count). The minimum Gasteiger partial charge on any atom is -0.459 e. The van der Waals surface area contributed by atoms with Crippen molar-refractivity contribution in [1.29, 1.82) is 0 Å². The summed E-state index contributed by atoms with van der Waals surface area (Å²) in [6.07, 6.45) is 0. The zero-order valence-electron chi connectivity index (χ0n) is 13.2. The van der Waals surface area contributed by atoms with Crippen molar-refractivity contribution in [2.24, 2.45) is 0 Å². The number of fused-ring (bicyclic) bond motifs is 1. The summed E-state index contributed by atoms with van der Waals surface area (Å²) < 4.78 is 6.12. The first-order valence-electron chi connectivity index (χ1n) is 7.75. The van der Waals surface area contributed by atoms with Crippen LogP contribution in [0.4, 0.5) is 0 Å². The van der Waals surface area contributed by atoms with Crippen molar-refractivity contribution in [2.45, 2.75) is 26.1 Å². The molecule has 1 aliphatic rings. The number of furan rings is 1. The topological polar surface area (TPSA) is 31.6 Å². The first-order valence-corrected chi connectivity index (χ1v) is 7.75. The molecule has 0 aliphatic carbocycles. The Hall–Kier alpha value is -1.36. The van der Waals surface area contributed by atoms with Gasteiger partial charge in [-0.3, -0.25) is 4.90 Å². The Labute approximate surface area is 126 Å². The molecule has 0 radical (unpaired) electrons. The standard InChI is InChI=1S/C17H25N3O/c1-13-11-20(9-8-19(13)3)12-17-15(10-18-2)14-6-4-5-7-16(14)21-17/h4-7,13,18H,8-12H2,1-3H3. The number of rotatable bonds is 4. The van der Waals surface area contributed by atoms with E-state index in [-0.39, 0.29) is 0 Å².